The number of nitrogens with zero attached hydrogens (tertiary/aromatic N) is 2. The van der Waals surface area contributed by atoms with Crippen molar-refractivity contribution in [3.8, 4) is 28.6 Å². The second-order valence-corrected chi connectivity index (χ2v) is 8.03. The highest BCUT2D eigenvalue weighted by Gasteiger charge is 2.48. The highest BCUT2D eigenvalue weighted by molar-refractivity contribution is 7.88. The quantitative estimate of drug-likeness (QED) is 0.316. The molecule has 0 aliphatic rings. The van der Waals surface area contributed by atoms with E-state index in [1.807, 2.05) is 0 Å². The third-order valence-corrected chi connectivity index (χ3v) is 5.20. The van der Waals surface area contributed by atoms with E-state index in [4.69, 9.17) is 9.47 Å². The Kier molecular flexibility index (Phi) is 7.93. The minimum atomic E-state index is -5.80. The summed E-state index contributed by atoms with van der Waals surface area (Å²) < 4.78 is 74.9. The monoisotopic (exact) mass is 463 g/mol. The van der Waals surface area contributed by atoms with Gasteiger partial charge >= 0.3 is 15.6 Å². The summed E-state index contributed by atoms with van der Waals surface area (Å²) in [6.45, 7) is 4.50. The van der Waals surface area contributed by atoms with Crippen LogP contribution in [0.1, 0.15) is 31.9 Å². The number of hydrogen-bond acceptors (Lipinski definition) is 8. The zero-order chi connectivity index (χ0) is 23.2. The number of methoxy groups -OCH3 is 2. The Hall–Kier alpha value is -2.76. The lowest BCUT2D eigenvalue weighted by Crippen LogP contribution is -2.28. The second-order valence-electron chi connectivity index (χ2n) is 6.49. The Morgan fingerprint density at radius 2 is 1.81 bits per heavy atom. The molecule has 0 fully saturated rings. The predicted octanol–water partition coefficient (Wildman–Crippen LogP) is 4.30. The van der Waals surface area contributed by atoms with Crippen LogP contribution in [-0.2, 0) is 10.1 Å². The summed E-state index contributed by atoms with van der Waals surface area (Å²) in [5, 5.41) is 3.17. The number of anilines is 1. The van der Waals surface area contributed by atoms with Gasteiger partial charge in [0.05, 0.1) is 25.6 Å². The number of benzene rings is 1. The molecule has 8 nitrogen and oxygen atoms in total. The normalized spacial score (nSPS) is 11.8. The molecule has 0 aliphatic carbocycles. The molecular formula is C19H24F3N3O5S. The molecule has 0 saturated carbocycles. The highest BCUT2D eigenvalue weighted by atomic mass is 32.2. The molecule has 1 heterocycles. The number of rotatable bonds is 10. The summed E-state index contributed by atoms with van der Waals surface area (Å²) >= 11 is 0. The van der Waals surface area contributed by atoms with Crippen LogP contribution in [0.25, 0.3) is 11.3 Å². The van der Waals surface area contributed by atoms with E-state index < -0.39 is 21.4 Å². The van der Waals surface area contributed by atoms with Crippen molar-refractivity contribution in [1.82, 2.24) is 9.97 Å². The van der Waals surface area contributed by atoms with Gasteiger partial charge in [0, 0.05) is 18.2 Å². The van der Waals surface area contributed by atoms with Gasteiger partial charge in [0.15, 0.2) is 5.82 Å². The summed E-state index contributed by atoms with van der Waals surface area (Å²) in [5.41, 5.74) is -4.30. The molecule has 0 atom stereocenters. The van der Waals surface area contributed by atoms with Crippen LogP contribution in [0.15, 0.2) is 18.2 Å². The zero-order valence-corrected chi connectivity index (χ0v) is 18.4. The van der Waals surface area contributed by atoms with Gasteiger partial charge in [0.2, 0.25) is 0 Å². The first-order valence-electron chi connectivity index (χ1n) is 9.39. The van der Waals surface area contributed by atoms with Crippen molar-refractivity contribution >= 4 is 15.9 Å². The van der Waals surface area contributed by atoms with Crippen LogP contribution in [0.3, 0.4) is 0 Å². The van der Waals surface area contributed by atoms with Crippen molar-refractivity contribution in [2.45, 2.75) is 38.6 Å². The molecule has 31 heavy (non-hydrogen) atoms. The Labute approximate surface area is 178 Å². The maximum atomic E-state index is 12.6. The van der Waals surface area contributed by atoms with Gasteiger partial charge in [-0.3, -0.25) is 0 Å². The van der Waals surface area contributed by atoms with Gasteiger partial charge in [-0.1, -0.05) is 19.8 Å². The number of aryl methyl sites for hydroxylation is 1. The Bertz CT molecular complexity index is 1010. The molecule has 0 spiro atoms. The van der Waals surface area contributed by atoms with Crippen LogP contribution in [0.5, 0.6) is 17.4 Å². The average Bonchev–Trinajstić information content (AvgIpc) is 2.70. The zero-order valence-electron chi connectivity index (χ0n) is 17.5. The summed E-state index contributed by atoms with van der Waals surface area (Å²) in [5.74, 6) is 0.205. The molecule has 0 amide bonds. The first-order chi connectivity index (χ1) is 14.5. The van der Waals surface area contributed by atoms with Crippen LogP contribution in [-0.4, -0.2) is 44.7 Å². The standard InChI is InChI=1S/C19H24F3N3O5S/c1-5-6-7-10-23-17-18(29-4)25-16(12(2)24-17)14-9-8-13(11-15(14)28-3)30-31(26,27)19(20,21)22/h8-9,11H,5-7,10H2,1-4H3,(H,23,24). The minimum absolute atomic E-state index is 0.0537. The Morgan fingerprint density at radius 1 is 1.10 bits per heavy atom. The van der Waals surface area contributed by atoms with Crippen molar-refractivity contribution in [3.63, 3.8) is 0 Å². The van der Waals surface area contributed by atoms with Gasteiger partial charge in [-0.2, -0.15) is 21.6 Å². The molecule has 1 aromatic heterocycles. The van der Waals surface area contributed by atoms with E-state index in [2.05, 4.69) is 26.4 Å². The molecular weight excluding hydrogens is 439 g/mol. The number of alkyl halides is 3. The van der Waals surface area contributed by atoms with E-state index in [1.54, 1.807) is 6.92 Å². The van der Waals surface area contributed by atoms with Crippen LogP contribution in [0.4, 0.5) is 19.0 Å². The van der Waals surface area contributed by atoms with Gasteiger partial charge in [0.25, 0.3) is 5.88 Å². The molecule has 0 bridgehead atoms. The maximum Gasteiger partial charge on any atom is 0.534 e. The van der Waals surface area contributed by atoms with E-state index in [0.29, 0.717) is 29.3 Å². The summed E-state index contributed by atoms with van der Waals surface area (Å²) in [6, 6.07) is 3.44. The number of unbranched alkanes of at least 4 members (excludes halogenated alkanes) is 2. The van der Waals surface area contributed by atoms with Gasteiger partial charge in [-0.15, -0.1) is 0 Å². The fourth-order valence-corrected chi connectivity index (χ4v) is 3.14. The number of hydrogen-bond donors (Lipinski definition) is 1. The van der Waals surface area contributed by atoms with Gasteiger partial charge in [-0.25, -0.2) is 9.97 Å². The molecule has 1 N–H and O–H groups in total. The number of ether oxygens (including phenoxy) is 2. The van der Waals surface area contributed by atoms with Crippen molar-refractivity contribution in [3.05, 3.63) is 23.9 Å². The van der Waals surface area contributed by atoms with Crippen molar-refractivity contribution in [2.75, 3.05) is 26.1 Å². The molecule has 1 aromatic carbocycles. The SMILES string of the molecule is CCCCCNc1nc(C)c(-c2ccc(OS(=O)(=O)C(F)(F)F)cc2OC)nc1OC. The number of halogens is 3. The van der Waals surface area contributed by atoms with Crippen LogP contribution >= 0.6 is 0 Å². The number of nitrogens with one attached hydrogen (secondary N) is 1. The Morgan fingerprint density at radius 3 is 2.39 bits per heavy atom. The lowest BCUT2D eigenvalue weighted by atomic mass is 10.1. The maximum absolute atomic E-state index is 12.6. The van der Waals surface area contributed by atoms with Gasteiger partial charge in [0.1, 0.15) is 11.5 Å². The highest BCUT2D eigenvalue weighted by Crippen LogP contribution is 2.37. The van der Waals surface area contributed by atoms with Crippen molar-refractivity contribution in [1.29, 1.82) is 0 Å². The van der Waals surface area contributed by atoms with Crippen LogP contribution in [0.2, 0.25) is 0 Å². The fourth-order valence-electron chi connectivity index (χ4n) is 2.69. The largest absolute Gasteiger partial charge is 0.534 e. The van der Waals surface area contributed by atoms with Crippen molar-refractivity contribution < 1.29 is 35.2 Å². The molecule has 0 unspecified atom stereocenters. The number of aromatic nitrogens is 2. The van der Waals surface area contributed by atoms with E-state index in [1.165, 1.54) is 20.3 Å². The van der Waals surface area contributed by atoms with Gasteiger partial charge < -0.3 is 19.0 Å². The summed E-state index contributed by atoms with van der Waals surface area (Å²) in [4.78, 5) is 8.92. The van der Waals surface area contributed by atoms with Crippen molar-refractivity contribution in [2.24, 2.45) is 0 Å². The Balaban J connectivity index is 2.39. The lowest BCUT2D eigenvalue weighted by molar-refractivity contribution is -0.0500. The molecule has 2 rings (SSSR count). The fraction of sp³-hybridized carbons (Fsp3) is 0.474. The van der Waals surface area contributed by atoms with E-state index in [9.17, 15) is 21.6 Å². The van der Waals surface area contributed by atoms with E-state index in [0.717, 1.165) is 31.4 Å². The third-order valence-electron chi connectivity index (χ3n) is 4.22. The minimum Gasteiger partial charge on any atom is -0.496 e. The molecule has 172 valence electrons. The van der Waals surface area contributed by atoms with Gasteiger partial charge in [-0.05, 0) is 25.5 Å². The molecule has 0 saturated heterocycles. The first kappa shape index (κ1) is 24.5. The third kappa shape index (κ3) is 5.90. The molecule has 2 aromatic rings. The topological polar surface area (TPSA) is 99.6 Å². The summed E-state index contributed by atoms with van der Waals surface area (Å²) in [7, 11) is -3.08. The average molecular weight is 463 g/mol. The first-order valence-corrected chi connectivity index (χ1v) is 10.8. The van der Waals surface area contributed by atoms with E-state index >= 15 is 0 Å². The summed E-state index contributed by atoms with van der Waals surface area (Å²) in [6.07, 6.45) is 3.10. The molecule has 12 heteroatoms. The van der Waals surface area contributed by atoms with Crippen LogP contribution in [0, 0.1) is 6.92 Å². The van der Waals surface area contributed by atoms with E-state index in [-0.39, 0.29) is 11.6 Å². The smallest absolute Gasteiger partial charge is 0.496 e. The molecule has 0 aliphatic heterocycles. The molecule has 0 radical (unpaired) electrons. The second kappa shape index (κ2) is 10.0. The lowest BCUT2D eigenvalue weighted by Gasteiger charge is -2.16. The predicted molar refractivity (Wildman–Crippen MR) is 109 cm³/mol. The van der Waals surface area contributed by atoms with Crippen LogP contribution < -0.4 is 19.0 Å².